The van der Waals surface area contributed by atoms with Gasteiger partial charge in [0.15, 0.2) is 5.13 Å². The van der Waals surface area contributed by atoms with Crippen LogP contribution in [0.3, 0.4) is 0 Å². The van der Waals surface area contributed by atoms with Crippen molar-refractivity contribution in [3.63, 3.8) is 0 Å². The first-order valence-corrected chi connectivity index (χ1v) is 6.93. The Labute approximate surface area is 105 Å². The molecule has 1 aromatic heterocycles. The van der Waals surface area contributed by atoms with Crippen LogP contribution < -0.4 is 10.6 Å². The Morgan fingerprint density at radius 2 is 2.25 bits per heavy atom. The van der Waals surface area contributed by atoms with E-state index in [2.05, 4.69) is 16.9 Å². The maximum atomic E-state index is 6.50. The van der Waals surface area contributed by atoms with E-state index < -0.39 is 0 Å². The summed E-state index contributed by atoms with van der Waals surface area (Å²) in [4.78, 5) is 6.54. The van der Waals surface area contributed by atoms with Gasteiger partial charge in [-0.15, -0.1) is 11.3 Å². The monoisotopic (exact) mass is 258 g/mol. The van der Waals surface area contributed by atoms with Crippen LogP contribution in [-0.4, -0.2) is 31.4 Å². The molecular formula is C10H18N4S2. The molecule has 0 aliphatic heterocycles. The smallest absolute Gasteiger partial charge is 0.185 e. The highest BCUT2D eigenvalue weighted by Gasteiger charge is 2.02. The maximum Gasteiger partial charge on any atom is 0.185 e. The van der Waals surface area contributed by atoms with Gasteiger partial charge in [-0.05, 0) is 18.7 Å². The number of nitriles is 1. The van der Waals surface area contributed by atoms with Crippen molar-refractivity contribution in [3.8, 4) is 6.57 Å². The molecule has 2 N–H and O–H groups in total. The van der Waals surface area contributed by atoms with Crippen molar-refractivity contribution >= 4 is 28.2 Å². The lowest BCUT2D eigenvalue weighted by molar-refractivity contribution is 0.942. The molecule has 0 fully saturated rings. The zero-order valence-electron chi connectivity index (χ0n) is 9.72. The van der Waals surface area contributed by atoms with Crippen LogP contribution in [-0.2, 0) is 5.75 Å². The Balaban J connectivity index is 0.00000106. The Morgan fingerprint density at radius 3 is 2.75 bits per heavy atom. The fourth-order valence-corrected chi connectivity index (χ4v) is 2.67. The van der Waals surface area contributed by atoms with Gasteiger partial charge in [-0.25, -0.2) is 10.2 Å². The lowest BCUT2D eigenvalue weighted by Crippen LogP contribution is -2.07. The van der Waals surface area contributed by atoms with Gasteiger partial charge < -0.3 is 10.6 Å². The first kappa shape index (κ1) is 15.2. The zero-order chi connectivity index (χ0) is 12.4. The molecule has 0 aliphatic carbocycles. The van der Waals surface area contributed by atoms with E-state index in [1.54, 1.807) is 11.3 Å². The highest BCUT2D eigenvalue weighted by molar-refractivity contribution is 7.98. The van der Waals surface area contributed by atoms with Gasteiger partial charge >= 0.3 is 0 Å². The van der Waals surface area contributed by atoms with E-state index in [0.717, 1.165) is 29.6 Å². The third-order valence-electron chi connectivity index (χ3n) is 1.66. The van der Waals surface area contributed by atoms with Crippen molar-refractivity contribution in [1.82, 2.24) is 4.98 Å². The number of rotatable bonds is 6. The minimum Gasteiger partial charge on any atom is -0.354 e. The largest absolute Gasteiger partial charge is 0.354 e. The quantitative estimate of drug-likeness (QED) is 0.790. The average molecular weight is 258 g/mol. The van der Waals surface area contributed by atoms with Crippen LogP contribution in [0, 0.1) is 11.8 Å². The number of thioether (sulfide) groups is 1. The molecule has 1 aromatic rings. The summed E-state index contributed by atoms with van der Waals surface area (Å²) in [7, 11) is 4.04. The summed E-state index contributed by atoms with van der Waals surface area (Å²) >= 11 is 3.60. The Kier molecular flexibility index (Phi) is 9.00. The molecule has 0 saturated heterocycles. The molecule has 1 heterocycles. The van der Waals surface area contributed by atoms with E-state index in [1.807, 2.05) is 30.8 Å². The molecule has 16 heavy (non-hydrogen) atoms. The van der Waals surface area contributed by atoms with Crippen molar-refractivity contribution in [2.45, 2.75) is 12.2 Å². The number of aromatic nitrogens is 1. The van der Waals surface area contributed by atoms with E-state index >= 15 is 0 Å². The van der Waals surface area contributed by atoms with Gasteiger partial charge in [0.25, 0.3) is 0 Å². The second-order valence-electron chi connectivity index (χ2n) is 3.21. The highest BCUT2D eigenvalue weighted by atomic mass is 32.2. The van der Waals surface area contributed by atoms with E-state index in [1.165, 1.54) is 5.69 Å². The molecule has 0 saturated carbocycles. The van der Waals surface area contributed by atoms with Gasteiger partial charge in [-0.2, -0.15) is 11.8 Å². The third-order valence-corrected chi connectivity index (χ3v) is 3.80. The topological polar surface area (TPSA) is 65.9 Å². The highest BCUT2D eigenvalue weighted by Crippen LogP contribution is 2.21. The fraction of sp³-hybridized carbons (Fsp3) is 0.600. The normalized spacial score (nSPS) is 9.31. The molecule has 0 spiro atoms. The number of anilines is 1. The summed E-state index contributed by atoms with van der Waals surface area (Å²) in [5.41, 5.74) is 6.60. The molecule has 0 amide bonds. The molecule has 6 heteroatoms. The number of thiazole rings is 1. The molecule has 0 atom stereocenters. The molecule has 90 valence electrons. The second-order valence-corrected chi connectivity index (χ2v) is 5.15. The minimum absolute atomic E-state index is 0.785. The first-order chi connectivity index (χ1) is 7.74. The molecule has 4 nitrogen and oxygen atoms in total. The summed E-state index contributed by atoms with van der Waals surface area (Å²) in [6, 6.07) is 0. The number of hydrogen-bond acceptors (Lipinski definition) is 6. The Morgan fingerprint density at radius 1 is 1.56 bits per heavy atom. The molecule has 1 rings (SSSR count). The van der Waals surface area contributed by atoms with Crippen molar-refractivity contribution in [2.24, 2.45) is 5.73 Å². The third kappa shape index (κ3) is 5.95. The molecule has 0 bridgehead atoms. The number of hydrogen-bond donors (Lipinski definition) is 1. The van der Waals surface area contributed by atoms with Crippen molar-refractivity contribution in [1.29, 1.82) is 5.26 Å². The lowest BCUT2D eigenvalue weighted by atomic mass is 10.5. The van der Waals surface area contributed by atoms with Crippen LogP contribution in [0.15, 0.2) is 5.38 Å². The van der Waals surface area contributed by atoms with Gasteiger partial charge in [-0.1, -0.05) is 0 Å². The van der Waals surface area contributed by atoms with Gasteiger partial charge in [0.1, 0.15) is 0 Å². The molecule has 0 unspecified atom stereocenters. The molecule has 0 aromatic carbocycles. The standard InChI is InChI=1S/C9H17N3S2.CHN/c1-12(2)9-11-8(7-14-9)6-13-5-3-4-10;1-2/h7H,3-6,10H2,1-2H3;1H. The summed E-state index contributed by atoms with van der Waals surface area (Å²) in [5, 5.41) is 9.71. The summed E-state index contributed by atoms with van der Waals surface area (Å²) in [6.45, 7) is 4.28. The van der Waals surface area contributed by atoms with Crippen LogP contribution in [0.25, 0.3) is 0 Å². The molecular weight excluding hydrogens is 240 g/mol. The SMILES string of the molecule is C#N.CN(C)c1nc(CSCCCN)cs1. The Hall–Kier alpha value is -0.770. The van der Waals surface area contributed by atoms with E-state index in [0.29, 0.717) is 0 Å². The Bertz CT molecular complexity index is 296. The number of nitrogens with two attached hydrogens (primary N) is 1. The minimum atomic E-state index is 0.785. The van der Waals surface area contributed by atoms with Crippen LogP contribution in [0.2, 0.25) is 0 Å². The molecule has 0 aliphatic rings. The van der Waals surface area contributed by atoms with Crippen molar-refractivity contribution < 1.29 is 0 Å². The van der Waals surface area contributed by atoms with E-state index in [4.69, 9.17) is 11.0 Å². The fourth-order valence-electron chi connectivity index (χ4n) is 0.930. The number of nitrogens with zero attached hydrogens (tertiary/aromatic N) is 3. The maximum absolute atomic E-state index is 6.50. The van der Waals surface area contributed by atoms with Gasteiger partial charge in [0.05, 0.1) is 5.69 Å². The summed E-state index contributed by atoms with van der Waals surface area (Å²) < 4.78 is 0. The second kappa shape index (κ2) is 9.46. The molecule has 0 radical (unpaired) electrons. The van der Waals surface area contributed by atoms with Crippen LogP contribution in [0.1, 0.15) is 12.1 Å². The van der Waals surface area contributed by atoms with Gasteiger partial charge in [0.2, 0.25) is 0 Å². The predicted molar refractivity (Wildman–Crippen MR) is 72.9 cm³/mol. The lowest BCUT2D eigenvalue weighted by Gasteiger charge is -2.05. The summed E-state index contributed by atoms with van der Waals surface area (Å²) in [6.07, 6.45) is 1.09. The van der Waals surface area contributed by atoms with Gasteiger partial charge in [-0.3, -0.25) is 0 Å². The predicted octanol–water partition coefficient (Wildman–Crippen LogP) is 1.93. The van der Waals surface area contributed by atoms with E-state index in [-0.39, 0.29) is 0 Å². The van der Waals surface area contributed by atoms with E-state index in [9.17, 15) is 0 Å². The van der Waals surface area contributed by atoms with Crippen molar-refractivity contribution in [2.75, 3.05) is 31.3 Å². The van der Waals surface area contributed by atoms with Crippen LogP contribution in [0.5, 0.6) is 0 Å². The van der Waals surface area contributed by atoms with Crippen LogP contribution in [0.4, 0.5) is 5.13 Å². The zero-order valence-corrected chi connectivity index (χ0v) is 11.4. The average Bonchev–Trinajstić information content (AvgIpc) is 2.76. The summed E-state index contributed by atoms with van der Waals surface area (Å²) in [5.74, 6) is 2.13. The van der Waals surface area contributed by atoms with Crippen LogP contribution >= 0.6 is 23.1 Å². The first-order valence-electron chi connectivity index (χ1n) is 4.89. The van der Waals surface area contributed by atoms with Crippen molar-refractivity contribution in [3.05, 3.63) is 11.1 Å². The van der Waals surface area contributed by atoms with Gasteiger partial charge in [0, 0.05) is 31.8 Å².